The average Bonchev–Trinajstić information content (AvgIpc) is 2.84. The van der Waals surface area contributed by atoms with Crippen molar-refractivity contribution < 1.29 is 9.59 Å². The second-order valence-corrected chi connectivity index (χ2v) is 10.1. The maximum absolute atomic E-state index is 13.0. The minimum absolute atomic E-state index is 0.120. The summed E-state index contributed by atoms with van der Waals surface area (Å²) in [7, 11) is 0. The monoisotopic (exact) mass is 465 g/mol. The van der Waals surface area contributed by atoms with Crippen LogP contribution in [0.1, 0.15) is 47.5 Å². The van der Waals surface area contributed by atoms with Crippen LogP contribution in [-0.2, 0) is 4.79 Å². The van der Waals surface area contributed by atoms with E-state index in [9.17, 15) is 9.59 Å². The molecule has 5 rings (SSSR count). The predicted octanol–water partition coefficient (Wildman–Crippen LogP) is 4.28. The largest absolute Gasteiger partial charge is 0.339 e. The lowest BCUT2D eigenvalue weighted by atomic mass is 9.78. The summed E-state index contributed by atoms with van der Waals surface area (Å²) in [6.07, 6.45) is 4.11. The number of carbonyl (C=O) groups is 2. The van der Waals surface area contributed by atoms with Crippen molar-refractivity contribution in [1.29, 1.82) is 0 Å². The minimum atomic E-state index is 0.120. The van der Waals surface area contributed by atoms with E-state index >= 15 is 0 Å². The molecule has 2 aromatic rings. The normalized spacial score (nSPS) is 24.4. The number of rotatable bonds is 4. The number of hydrogen-bond donors (Lipinski definition) is 0. The molecule has 2 amide bonds. The van der Waals surface area contributed by atoms with Gasteiger partial charge in [0.1, 0.15) is 0 Å². The number of piperazine rings is 1. The molecule has 2 saturated heterocycles. The third-order valence-corrected chi connectivity index (χ3v) is 7.98. The molecule has 0 spiro atoms. The van der Waals surface area contributed by atoms with Crippen LogP contribution in [0.2, 0.25) is 5.02 Å². The molecule has 5 nitrogen and oxygen atoms in total. The van der Waals surface area contributed by atoms with Crippen LogP contribution in [0.15, 0.2) is 54.6 Å². The van der Waals surface area contributed by atoms with E-state index in [0.717, 1.165) is 75.5 Å². The number of hydrogen-bond acceptors (Lipinski definition) is 3. The summed E-state index contributed by atoms with van der Waals surface area (Å²) in [5.41, 5.74) is 2.11. The highest BCUT2D eigenvalue weighted by molar-refractivity contribution is 6.30. The predicted molar refractivity (Wildman–Crippen MR) is 130 cm³/mol. The van der Waals surface area contributed by atoms with Crippen molar-refractivity contribution in [3.05, 3.63) is 70.7 Å². The molecule has 0 radical (unpaired) electrons. The fourth-order valence-electron chi connectivity index (χ4n) is 5.59. The molecule has 6 heteroatoms. The molecule has 174 valence electrons. The van der Waals surface area contributed by atoms with Crippen LogP contribution in [0.5, 0.6) is 0 Å². The van der Waals surface area contributed by atoms with Gasteiger partial charge in [0, 0.05) is 61.8 Å². The van der Waals surface area contributed by atoms with Crippen LogP contribution in [0.4, 0.5) is 0 Å². The maximum Gasteiger partial charge on any atom is 0.253 e. The molecule has 0 aromatic heterocycles. The number of benzene rings is 2. The summed E-state index contributed by atoms with van der Waals surface area (Å²) in [5.74, 6) is 1.19. The van der Waals surface area contributed by atoms with Crippen molar-refractivity contribution >= 4 is 23.4 Å². The molecule has 2 aromatic carbocycles. The Kier molecular flexibility index (Phi) is 6.70. The number of likely N-dealkylation sites (tertiary alicyclic amines) is 1. The fraction of sp³-hybridized carbons (Fsp3) is 0.481. The van der Waals surface area contributed by atoms with Gasteiger partial charge in [-0.1, -0.05) is 41.9 Å². The van der Waals surface area contributed by atoms with Gasteiger partial charge >= 0.3 is 0 Å². The molecule has 1 aliphatic carbocycles. The Labute approximate surface area is 201 Å². The highest BCUT2D eigenvalue weighted by atomic mass is 35.5. The van der Waals surface area contributed by atoms with Crippen LogP contribution in [0.25, 0.3) is 0 Å². The first-order valence-electron chi connectivity index (χ1n) is 12.2. The third-order valence-electron chi connectivity index (χ3n) is 7.73. The average molecular weight is 466 g/mol. The lowest BCUT2D eigenvalue weighted by molar-refractivity contribution is -0.144. The van der Waals surface area contributed by atoms with Crippen LogP contribution < -0.4 is 0 Å². The molecular formula is C27H32ClN3O2. The summed E-state index contributed by atoms with van der Waals surface area (Å²) in [6, 6.07) is 18.1. The summed E-state index contributed by atoms with van der Waals surface area (Å²) in [5, 5.41) is 0.777. The Morgan fingerprint density at radius 3 is 2.03 bits per heavy atom. The van der Waals surface area contributed by atoms with Gasteiger partial charge in [0.2, 0.25) is 5.91 Å². The van der Waals surface area contributed by atoms with Gasteiger partial charge in [0.05, 0.1) is 0 Å². The summed E-state index contributed by atoms with van der Waals surface area (Å²) >= 11 is 6.02. The second kappa shape index (κ2) is 9.86. The molecule has 0 unspecified atom stereocenters. The molecule has 0 atom stereocenters. The Balaban J connectivity index is 1.05. The number of nitrogens with zero attached hydrogens (tertiary/aromatic N) is 3. The first kappa shape index (κ1) is 22.4. The zero-order valence-corrected chi connectivity index (χ0v) is 19.8. The quantitative estimate of drug-likeness (QED) is 0.676. The maximum atomic E-state index is 13.0. The molecule has 0 N–H and O–H groups in total. The van der Waals surface area contributed by atoms with Gasteiger partial charge in [-0.05, 0) is 61.4 Å². The van der Waals surface area contributed by atoms with Gasteiger partial charge in [0.15, 0.2) is 0 Å². The number of amides is 2. The van der Waals surface area contributed by atoms with Crippen molar-refractivity contribution in [3.63, 3.8) is 0 Å². The van der Waals surface area contributed by atoms with Gasteiger partial charge in [-0.2, -0.15) is 0 Å². The van der Waals surface area contributed by atoms with E-state index in [4.69, 9.17) is 11.6 Å². The van der Waals surface area contributed by atoms with Gasteiger partial charge in [0.25, 0.3) is 5.91 Å². The van der Waals surface area contributed by atoms with E-state index in [-0.39, 0.29) is 11.8 Å². The fourth-order valence-corrected chi connectivity index (χ4v) is 5.71. The smallest absolute Gasteiger partial charge is 0.253 e. The van der Waals surface area contributed by atoms with Gasteiger partial charge in [-0.25, -0.2) is 0 Å². The summed E-state index contributed by atoms with van der Waals surface area (Å²) in [4.78, 5) is 32.1. The third kappa shape index (κ3) is 4.95. The van der Waals surface area contributed by atoms with Gasteiger partial charge < -0.3 is 9.80 Å². The van der Waals surface area contributed by atoms with E-state index in [1.54, 1.807) is 0 Å². The molecule has 3 fully saturated rings. The minimum Gasteiger partial charge on any atom is -0.339 e. The Morgan fingerprint density at radius 1 is 0.758 bits per heavy atom. The van der Waals surface area contributed by atoms with Crippen molar-refractivity contribution in [1.82, 2.24) is 14.7 Å². The Morgan fingerprint density at radius 2 is 1.39 bits per heavy atom. The molecule has 33 heavy (non-hydrogen) atoms. The first-order valence-corrected chi connectivity index (χ1v) is 12.6. The molecular weight excluding hydrogens is 434 g/mol. The van der Waals surface area contributed by atoms with E-state index in [1.165, 1.54) is 5.56 Å². The lowest BCUT2D eigenvalue weighted by Crippen LogP contribution is -2.65. The van der Waals surface area contributed by atoms with E-state index < -0.39 is 0 Å². The Bertz CT molecular complexity index is 959. The number of halogens is 1. The van der Waals surface area contributed by atoms with Crippen LogP contribution in [-0.4, -0.2) is 71.8 Å². The second-order valence-electron chi connectivity index (χ2n) is 9.69. The van der Waals surface area contributed by atoms with Crippen LogP contribution >= 0.6 is 11.6 Å². The van der Waals surface area contributed by atoms with E-state index in [0.29, 0.717) is 17.9 Å². The number of carbonyl (C=O) groups excluding carboxylic acids is 2. The van der Waals surface area contributed by atoms with Crippen molar-refractivity contribution in [2.75, 3.05) is 39.3 Å². The van der Waals surface area contributed by atoms with Crippen molar-refractivity contribution in [3.8, 4) is 0 Å². The highest BCUT2D eigenvalue weighted by Gasteiger charge is 2.39. The van der Waals surface area contributed by atoms with Crippen LogP contribution in [0.3, 0.4) is 0 Å². The molecule has 2 heterocycles. The van der Waals surface area contributed by atoms with Gasteiger partial charge in [-0.3, -0.25) is 14.5 Å². The molecule has 3 aliphatic rings. The summed E-state index contributed by atoms with van der Waals surface area (Å²) in [6.45, 7) is 4.96. The Hall–Kier alpha value is -2.37. The SMILES string of the molecule is O=C(c1ccccc1)N1CCN(C2CN(C(=O)C3CCC(c4ccc(Cl)cc4)CC3)C2)CC1. The van der Waals surface area contributed by atoms with E-state index in [2.05, 4.69) is 21.9 Å². The summed E-state index contributed by atoms with van der Waals surface area (Å²) < 4.78 is 0. The zero-order chi connectivity index (χ0) is 22.8. The van der Waals surface area contributed by atoms with Crippen molar-refractivity contribution in [2.24, 2.45) is 5.92 Å². The zero-order valence-electron chi connectivity index (χ0n) is 19.0. The first-order chi connectivity index (χ1) is 16.1. The molecule has 2 aliphatic heterocycles. The topological polar surface area (TPSA) is 43.9 Å². The van der Waals surface area contributed by atoms with Crippen LogP contribution in [0, 0.1) is 5.92 Å². The van der Waals surface area contributed by atoms with Gasteiger partial charge in [-0.15, -0.1) is 0 Å². The molecule has 0 bridgehead atoms. The highest BCUT2D eigenvalue weighted by Crippen LogP contribution is 2.37. The molecule has 1 saturated carbocycles. The van der Waals surface area contributed by atoms with E-state index in [1.807, 2.05) is 47.4 Å². The van der Waals surface area contributed by atoms with Crippen molar-refractivity contribution in [2.45, 2.75) is 37.6 Å². The standard InChI is InChI=1S/C27H32ClN3O2/c28-24-12-10-21(11-13-24)20-6-8-23(9-7-20)27(33)31-18-25(19-31)29-14-16-30(17-15-29)26(32)22-4-2-1-3-5-22/h1-5,10-13,20,23,25H,6-9,14-19H2. The lowest BCUT2D eigenvalue weighted by Gasteiger charge is -2.49.